The van der Waals surface area contributed by atoms with E-state index in [4.69, 9.17) is 0 Å². The van der Waals surface area contributed by atoms with Crippen LogP contribution in [0.25, 0.3) is 0 Å². The van der Waals surface area contributed by atoms with E-state index in [1.807, 2.05) is 30.3 Å². The molecule has 0 aliphatic heterocycles. The predicted octanol–water partition coefficient (Wildman–Crippen LogP) is 3.04. The fourth-order valence-electron chi connectivity index (χ4n) is 1.68. The summed E-state index contributed by atoms with van der Waals surface area (Å²) in [6, 6.07) is 9.92. The largest absolute Gasteiger partial charge is 0.325 e. The van der Waals surface area contributed by atoms with Crippen LogP contribution in [0.4, 0.5) is 5.69 Å². The predicted molar refractivity (Wildman–Crippen MR) is 76.6 cm³/mol. The van der Waals surface area contributed by atoms with Crippen molar-refractivity contribution in [2.45, 2.75) is 39.7 Å². The Hall–Kier alpha value is -1.35. The molecule has 100 valence electrons. The Balaban J connectivity index is 2.21. The topological polar surface area (TPSA) is 41.1 Å². The number of hydrogen-bond acceptors (Lipinski definition) is 2. The Labute approximate surface area is 110 Å². The number of rotatable bonds is 7. The van der Waals surface area contributed by atoms with E-state index >= 15 is 0 Å². The molecule has 18 heavy (non-hydrogen) atoms. The van der Waals surface area contributed by atoms with Crippen LogP contribution in [-0.2, 0) is 4.79 Å². The summed E-state index contributed by atoms with van der Waals surface area (Å²) in [5.74, 6) is 0.727. The number of benzene rings is 1. The Bertz CT molecular complexity index is 349. The highest BCUT2D eigenvalue weighted by Crippen LogP contribution is 2.06. The average molecular weight is 248 g/mol. The van der Waals surface area contributed by atoms with E-state index in [0.717, 1.165) is 12.1 Å². The van der Waals surface area contributed by atoms with Crippen LogP contribution in [0.15, 0.2) is 30.3 Å². The zero-order valence-electron chi connectivity index (χ0n) is 11.6. The second kappa shape index (κ2) is 7.88. The summed E-state index contributed by atoms with van der Waals surface area (Å²) in [6.07, 6.45) is 2.30. The molecule has 1 amide bonds. The third-order valence-corrected chi connectivity index (χ3v) is 2.85. The highest BCUT2D eigenvalue weighted by atomic mass is 16.1. The summed E-state index contributed by atoms with van der Waals surface area (Å²) in [6.45, 7) is 6.93. The van der Waals surface area contributed by atoms with E-state index in [0.29, 0.717) is 18.5 Å². The molecule has 0 aromatic heterocycles. The Morgan fingerprint density at radius 1 is 1.11 bits per heavy atom. The second-order valence-electron chi connectivity index (χ2n) is 5.17. The molecule has 0 radical (unpaired) electrons. The van der Waals surface area contributed by atoms with Crippen molar-refractivity contribution in [3.63, 3.8) is 0 Å². The second-order valence-corrected chi connectivity index (χ2v) is 5.17. The van der Waals surface area contributed by atoms with Gasteiger partial charge in [0.1, 0.15) is 0 Å². The van der Waals surface area contributed by atoms with Crippen LogP contribution in [0.5, 0.6) is 0 Å². The summed E-state index contributed by atoms with van der Waals surface area (Å²) < 4.78 is 0. The monoisotopic (exact) mass is 248 g/mol. The number of carbonyl (C=O) groups is 1. The van der Waals surface area contributed by atoms with Gasteiger partial charge < -0.3 is 10.6 Å². The van der Waals surface area contributed by atoms with Gasteiger partial charge >= 0.3 is 0 Å². The molecule has 1 unspecified atom stereocenters. The first-order chi connectivity index (χ1) is 8.58. The van der Waals surface area contributed by atoms with Crippen molar-refractivity contribution in [2.24, 2.45) is 5.92 Å². The third kappa shape index (κ3) is 6.40. The molecule has 0 heterocycles. The molecule has 0 aliphatic carbocycles. The lowest BCUT2D eigenvalue weighted by atomic mass is 10.0. The van der Waals surface area contributed by atoms with Gasteiger partial charge in [-0.1, -0.05) is 32.0 Å². The van der Waals surface area contributed by atoms with Crippen LogP contribution < -0.4 is 10.6 Å². The van der Waals surface area contributed by atoms with Crippen molar-refractivity contribution < 1.29 is 4.79 Å². The van der Waals surface area contributed by atoms with Gasteiger partial charge in [-0.3, -0.25) is 4.79 Å². The van der Waals surface area contributed by atoms with Gasteiger partial charge in [0.25, 0.3) is 0 Å². The Morgan fingerprint density at radius 2 is 1.78 bits per heavy atom. The fraction of sp³-hybridized carbons (Fsp3) is 0.533. The van der Waals surface area contributed by atoms with Gasteiger partial charge in [0, 0.05) is 11.7 Å². The van der Waals surface area contributed by atoms with Gasteiger partial charge in [-0.25, -0.2) is 0 Å². The lowest BCUT2D eigenvalue weighted by molar-refractivity contribution is -0.115. The van der Waals surface area contributed by atoms with Crippen molar-refractivity contribution in [3.05, 3.63) is 30.3 Å². The number of amides is 1. The van der Waals surface area contributed by atoms with E-state index in [-0.39, 0.29) is 5.91 Å². The highest BCUT2D eigenvalue weighted by Gasteiger charge is 2.06. The standard InChI is InChI=1S/C15H24N2O/c1-12(2)9-10-13(3)16-11-15(18)17-14-7-5-4-6-8-14/h4-8,12-13,16H,9-11H2,1-3H3,(H,17,18). The van der Waals surface area contributed by atoms with E-state index in [9.17, 15) is 4.79 Å². The minimum atomic E-state index is 0.0117. The van der Waals surface area contributed by atoms with Gasteiger partial charge in [-0.2, -0.15) is 0 Å². The van der Waals surface area contributed by atoms with Crippen LogP contribution in [-0.4, -0.2) is 18.5 Å². The van der Waals surface area contributed by atoms with Crippen molar-refractivity contribution in [2.75, 3.05) is 11.9 Å². The molecule has 0 spiro atoms. The van der Waals surface area contributed by atoms with Crippen LogP contribution in [0, 0.1) is 5.92 Å². The molecule has 0 saturated heterocycles. The molecule has 0 fully saturated rings. The quantitative estimate of drug-likeness (QED) is 0.778. The molecular formula is C15H24N2O. The molecule has 1 rings (SSSR count). The van der Waals surface area contributed by atoms with Crippen LogP contribution in [0.2, 0.25) is 0 Å². The van der Waals surface area contributed by atoms with E-state index < -0.39 is 0 Å². The van der Waals surface area contributed by atoms with Gasteiger partial charge in [-0.15, -0.1) is 0 Å². The molecular weight excluding hydrogens is 224 g/mol. The molecule has 0 saturated carbocycles. The highest BCUT2D eigenvalue weighted by molar-refractivity contribution is 5.92. The molecule has 1 aromatic rings. The minimum absolute atomic E-state index is 0.0117. The van der Waals surface area contributed by atoms with Crippen LogP contribution in [0.3, 0.4) is 0 Å². The molecule has 1 atom stereocenters. The molecule has 2 N–H and O–H groups in total. The Kier molecular flexibility index (Phi) is 6.44. The summed E-state index contributed by atoms with van der Waals surface area (Å²) in [4.78, 5) is 11.7. The maximum Gasteiger partial charge on any atom is 0.238 e. The zero-order chi connectivity index (χ0) is 13.4. The number of nitrogens with one attached hydrogen (secondary N) is 2. The summed E-state index contributed by atoms with van der Waals surface area (Å²) in [5.41, 5.74) is 0.846. The maximum atomic E-state index is 11.7. The van der Waals surface area contributed by atoms with Crippen molar-refractivity contribution in [1.82, 2.24) is 5.32 Å². The van der Waals surface area contributed by atoms with Crippen LogP contribution >= 0.6 is 0 Å². The van der Waals surface area contributed by atoms with Gasteiger partial charge in [0.05, 0.1) is 6.54 Å². The summed E-state index contributed by atoms with van der Waals surface area (Å²) in [7, 11) is 0. The first-order valence-electron chi connectivity index (χ1n) is 6.66. The average Bonchev–Trinajstić information content (AvgIpc) is 2.35. The van der Waals surface area contributed by atoms with Crippen molar-refractivity contribution >= 4 is 11.6 Å². The van der Waals surface area contributed by atoms with E-state index in [1.54, 1.807) is 0 Å². The number of para-hydroxylation sites is 1. The number of anilines is 1. The molecule has 3 heteroatoms. The SMILES string of the molecule is CC(C)CCC(C)NCC(=O)Nc1ccccc1. The zero-order valence-corrected chi connectivity index (χ0v) is 11.6. The molecule has 0 bridgehead atoms. The normalized spacial score (nSPS) is 12.4. The van der Waals surface area contributed by atoms with Gasteiger partial charge in [-0.05, 0) is 37.8 Å². The number of hydrogen-bond donors (Lipinski definition) is 2. The van der Waals surface area contributed by atoms with Crippen molar-refractivity contribution in [1.29, 1.82) is 0 Å². The van der Waals surface area contributed by atoms with Crippen LogP contribution in [0.1, 0.15) is 33.6 Å². The lowest BCUT2D eigenvalue weighted by Gasteiger charge is -2.14. The first-order valence-corrected chi connectivity index (χ1v) is 6.66. The fourth-order valence-corrected chi connectivity index (χ4v) is 1.68. The summed E-state index contributed by atoms with van der Waals surface area (Å²) >= 11 is 0. The van der Waals surface area contributed by atoms with Gasteiger partial charge in [0.2, 0.25) is 5.91 Å². The maximum absolute atomic E-state index is 11.7. The van der Waals surface area contributed by atoms with E-state index in [1.165, 1.54) is 6.42 Å². The number of carbonyl (C=O) groups excluding carboxylic acids is 1. The van der Waals surface area contributed by atoms with Gasteiger partial charge in [0.15, 0.2) is 0 Å². The molecule has 3 nitrogen and oxygen atoms in total. The summed E-state index contributed by atoms with van der Waals surface area (Å²) in [5, 5.41) is 6.11. The molecule has 0 aliphatic rings. The smallest absolute Gasteiger partial charge is 0.238 e. The lowest BCUT2D eigenvalue weighted by Crippen LogP contribution is -2.34. The van der Waals surface area contributed by atoms with E-state index in [2.05, 4.69) is 31.4 Å². The van der Waals surface area contributed by atoms with Crippen molar-refractivity contribution in [3.8, 4) is 0 Å². The first kappa shape index (κ1) is 14.7. The molecule has 1 aromatic carbocycles. The third-order valence-electron chi connectivity index (χ3n) is 2.85. The Morgan fingerprint density at radius 3 is 2.39 bits per heavy atom. The minimum Gasteiger partial charge on any atom is -0.325 e.